The van der Waals surface area contributed by atoms with E-state index in [1.807, 2.05) is 12.4 Å². The fourth-order valence-corrected chi connectivity index (χ4v) is 3.26. The Morgan fingerprint density at radius 1 is 1.20 bits per heavy atom. The topological polar surface area (TPSA) is 24.9 Å². The molecule has 2 nitrogen and oxygen atoms in total. The van der Waals surface area contributed by atoms with Crippen LogP contribution < -0.4 is 5.32 Å². The molecule has 106 valence electrons. The van der Waals surface area contributed by atoms with Gasteiger partial charge in [0.25, 0.3) is 0 Å². The summed E-state index contributed by atoms with van der Waals surface area (Å²) < 4.78 is 0. The Morgan fingerprint density at radius 3 is 2.65 bits per heavy atom. The number of fused-ring (bicyclic) bond motifs is 1. The molecule has 0 bridgehead atoms. The van der Waals surface area contributed by atoms with Crippen molar-refractivity contribution < 1.29 is 0 Å². The Kier molecular flexibility index (Phi) is 3.09. The van der Waals surface area contributed by atoms with Gasteiger partial charge in [0.05, 0.1) is 0 Å². The van der Waals surface area contributed by atoms with Gasteiger partial charge in [0, 0.05) is 23.3 Å². The third-order valence-corrected chi connectivity index (χ3v) is 4.57. The average molecular weight is 268 g/mol. The van der Waals surface area contributed by atoms with E-state index in [4.69, 9.17) is 0 Å². The highest BCUT2D eigenvalue weighted by molar-refractivity contribution is 5.86. The average Bonchev–Trinajstić information content (AvgIpc) is 2.84. The first-order chi connectivity index (χ1) is 9.40. The van der Waals surface area contributed by atoms with E-state index in [0.717, 1.165) is 6.54 Å². The van der Waals surface area contributed by atoms with Gasteiger partial charge in [-0.15, -0.1) is 0 Å². The fourth-order valence-electron chi connectivity index (χ4n) is 3.26. The number of aromatic nitrogens is 1. The van der Waals surface area contributed by atoms with Crippen LogP contribution in [0.5, 0.6) is 0 Å². The van der Waals surface area contributed by atoms with Crippen molar-refractivity contribution in [3.63, 3.8) is 0 Å². The number of rotatable bonds is 1. The minimum atomic E-state index is 0.129. The summed E-state index contributed by atoms with van der Waals surface area (Å²) in [5, 5.41) is 6.22. The summed E-state index contributed by atoms with van der Waals surface area (Å²) in [6, 6.07) is 6.88. The van der Waals surface area contributed by atoms with Crippen molar-refractivity contribution in [2.45, 2.75) is 51.5 Å². The van der Waals surface area contributed by atoms with Gasteiger partial charge in [-0.3, -0.25) is 4.98 Å². The lowest BCUT2D eigenvalue weighted by atomic mass is 9.83. The van der Waals surface area contributed by atoms with E-state index in [1.54, 1.807) is 0 Å². The smallest absolute Gasteiger partial charge is 0.0406 e. The first-order valence-corrected chi connectivity index (χ1v) is 7.54. The van der Waals surface area contributed by atoms with E-state index in [-0.39, 0.29) is 11.0 Å². The van der Waals surface area contributed by atoms with Crippen LogP contribution in [0.25, 0.3) is 10.8 Å². The molecule has 0 aliphatic carbocycles. The molecule has 1 fully saturated rings. The van der Waals surface area contributed by atoms with Gasteiger partial charge in [-0.25, -0.2) is 0 Å². The molecule has 20 heavy (non-hydrogen) atoms. The normalized spacial score (nSPS) is 23.4. The van der Waals surface area contributed by atoms with Gasteiger partial charge in [-0.2, -0.15) is 0 Å². The molecule has 1 atom stereocenters. The van der Waals surface area contributed by atoms with Crippen molar-refractivity contribution in [2.75, 3.05) is 6.54 Å². The van der Waals surface area contributed by atoms with Gasteiger partial charge in [-0.1, -0.05) is 32.9 Å². The zero-order valence-electron chi connectivity index (χ0n) is 13.0. The van der Waals surface area contributed by atoms with E-state index in [2.05, 4.69) is 56.2 Å². The zero-order valence-corrected chi connectivity index (χ0v) is 13.0. The van der Waals surface area contributed by atoms with Gasteiger partial charge in [0.15, 0.2) is 0 Å². The maximum atomic E-state index is 4.45. The van der Waals surface area contributed by atoms with E-state index < -0.39 is 0 Å². The molecule has 0 spiro atoms. The Balaban J connectivity index is 2.14. The van der Waals surface area contributed by atoms with Crippen molar-refractivity contribution in [3.8, 4) is 0 Å². The molecular formula is C18H24N2. The molecule has 2 heteroatoms. The van der Waals surface area contributed by atoms with Crippen LogP contribution in [0.4, 0.5) is 0 Å². The first-order valence-electron chi connectivity index (χ1n) is 7.54. The summed E-state index contributed by atoms with van der Waals surface area (Å²) in [7, 11) is 0. The fraction of sp³-hybridized carbons (Fsp3) is 0.500. The van der Waals surface area contributed by atoms with Crippen LogP contribution in [0.2, 0.25) is 0 Å². The van der Waals surface area contributed by atoms with Crippen LogP contribution in [0, 0.1) is 0 Å². The third-order valence-electron chi connectivity index (χ3n) is 4.57. The molecule has 1 unspecified atom stereocenters. The van der Waals surface area contributed by atoms with Gasteiger partial charge in [-0.05, 0) is 54.3 Å². The summed E-state index contributed by atoms with van der Waals surface area (Å²) in [6.07, 6.45) is 6.48. The van der Waals surface area contributed by atoms with Crippen LogP contribution >= 0.6 is 0 Å². The number of hydrogen-bond donors (Lipinski definition) is 1. The minimum Gasteiger partial charge on any atom is -0.308 e. The quantitative estimate of drug-likeness (QED) is 0.841. The molecule has 1 saturated heterocycles. The maximum absolute atomic E-state index is 4.45. The van der Waals surface area contributed by atoms with Gasteiger partial charge >= 0.3 is 0 Å². The second-order valence-electron chi connectivity index (χ2n) is 7.24. The number of nitrogens with one attached hydrogen (secondary N) is 1. The van der Waals surface area contributed by atoms with Gasteiger partial charge < -0.3 is 5.32 Å². The van der Waals surface area contributed by atoms with Gasteiger partial charge in [0.2, 0.25) is 0 Å². The number of hydrogen-bond acceptors (Lipinski definition) is 2. The Hall–Kier alpha value is -1.41. The molecule has 1 aromatic carbocycles. The monoisotopic (exact) mass is 268 g/mol. The molecule has 1 aromatic heterocycles. The van der Waals surface area contributed by atoms with Crippen molar-refractivity contribution in [1.29, 1.82) is 0 Å². The molecular weight excluding hydrogens is 244 g/mol. The lowest BCUT2D eigenvalue weighted by Crippen LogP contribution is -2.33. The Labute approximate surface area is 121 Å². The van der Waals surface area contributed by atoms with Crippen molar-refractivity contribution in [2.24, 2.45) is 0 Å². The summed E-state index contributed by atoms with van der Waals surface area (Å²) in [5.41, 5.74) is 2.97. The summed E-state index contributed by atoms with van der Waals surface area (Å²) >= 11 is 0. The summed E-state index contributed by atoms with van der Waals surface area (Å²) in [5.74, 6) is 0. The highest BCUT2D eigenvalue weighted by atomic mass is 15.0. The van der Waals surface area contributed by atoms with Crippen molar-refractivity contribution in [3.05, 3.63) is 41.7 Å². The molecule has 3 rings (SSSR count). The second kappa shape index (κ2) is 4.56. The SMILES string of the molecule is CC(C)(C)c1cncc2cc(C3(C)CCCN3)ccc12. The largest absolute Gasteiger partial charge is 0.308 e. The van der Waals surface area contributed by atoms with E-state index in [9.17, 15) is 0 Å². The molecule has 1 aliphatic rings. The zero-order chi connectivity index (χ0) is 14.4. The third kappa shape index (κ3) is 2.22. The molecule has 0 saturated carbocycles. The van der Waals surface area contributed by atoms with Crippen molar-refractivity contribution in [1.82, 2.24) is 10.3 Å². The first kappa shape index (κ1) is 13.6. The van der Waals surface area contributed by atoms with Gasteiger partial charge in [0.1, 0.15) is 0 Å². The molecule has 2 heterocycles. The van der Waals surface area contributed by atoms with Crippen molar-refractivity contribution >= 4 is 10.8 Å². The van der Waals surface area contributed by atoms with E-state index in [1.165, 1.54) is 34.7 Å². The van der Waals surface area contributed by atoms with E-state index >= 15 is 0 Å². The molecule has 2 aromatic rings. The molecule has 1 N–H and O–H groups in total. The van der Waals surface area contributed by atoms with Crippen LogP contribution in [0.15, 0.2) is 30.6 Å². The predicted octanol–water partition coefficient (Wildman–Crippen LogP) is 4.13. The number of nitrogens with zero attached hydrogens (tertiary/aromatic N) is 1. The molecule has 0 amide bonds. The molecule has 0 radical (unpaired) electrons. The maximum Gasteiger partial charge on any atom is 0.0406 e. The summed E-state index contributed by atoms with van der Waals surface area (Å²) in [6.45, 7) is 10.2. The van der Waals surface area contributed by atoms with Crippen LogP contribution in [0.3, 0.4) is 0 Å². The highest BCUT2D eigenvalue weighted by Gasteiger charge is 2.30. The number of pyridine rings is 1. The molecule has 1 aliphatic heterocycles. The number of benzene rings is 1. The standard InChI is InChI=1S/C18H24N2/c1-17(2,3)16-12-19-11-13-10-14(6-7-15(13)16)18(4)8-5-9-20-18/h6-7,10-12,20H,5,8-9H2,1-4H3. The lowest BCUT2D eigenvalue weighted by Gasteiger charge is -2.26. The van der Waals surface area contributed by atoms with Crippen LogP contribution in [0.1, 0.15) is 51.7 Å². The Morgan fingerprint density at radius 2 is 2.00 bits per heavy atom. The Bertz CT molecular complexity index is 631. The van der Waals surface area contributed by atoms with Crippen LogP contribution in [-0.2, 0) is 11.0 Å². The predicted molar refractivity (Wildman–Crippen MR) is 85.0 cm³/mol. The van der Waals surface area contributed by atoms with Crippen LogP contribution in [-0.4, -0.2) is 11.5 Å². The minimum absolute atomic E-state index is 0.129. The highest BCUT2D eigenvalue weighted by Crippen LogP contribution is 2.34. The summed E-state index contributed by atoms with van der Waals surface area (Å²) in [4.78, 5) is 4.45. The lowest BCUT2D eigenvalue weighted by molar-refractivity contribution is 0.435. The second-order valence-corrected chi connectivity index (χ2v) is 7.24. The van der Waals surface area contributed by atoms with E-state index in [0.29, 0.717) is 0 Å².